The van der Waals surface area contributed by atoms with E-state index in [2.05, 4.69) is 16.2 Å². The van der Waals surface area contributed by atoms with Crippen LogP contribution in [0.2, 0.25) is 0 Å². The summed E-state index contributed by atoms with van der Waals surface area (Å²) in [6.07, 6.45) is 1.34. The largest absolute Gasteiger partial charge is 0.511 e. The van der Waals surface area contributed by atoms with E-state index in [1.807, 2.05) is 0 Å². The number of Topliss-reactive ketones (excluding diaryl/α,β-unsaturated/α-hetero) is 1. The van der Waals surface area contributed by atoms with Gasteiger partial charge in [0.1, 0.15) is 35.9 Å². The predicted octanol–water partition coefficient (Wildman–Crippen LogP) is 5.75. The number of halogens is 2. The minimum absolute atomic E-state index is 0.166. The van der Waals surface area contributed by atoms with Crippen molar-refractivity contribution >= 4 is 23.3 Å². The van der Waals surface area contributed by atoms with Gasteiger partial charge in [-0.05, 0) is 29.8 Å². The van der Waals surface area contributed by atoms with Crippen molar-refractivity contribution < 1.29 is 37.7 Å². The lowest BCUT2D eigenvalue weighted by molar-refractivity contribution is -0.0956. The smallest absolute Gasteiger partial charge is 0.420 e. The maximum absolute atomic E-state index is 15.6. The highest BCUT2D eigenvalue weighted by Crippen LogP contribution is 2.45. The van der Waals surface area contributed by atoms with Crippen LogP contribution in [-0.2, 0) is 33.0 Å². The number of benzene rings is 3. The number of nitrogens with zero attached hydrogens (tertiary/aromatic N) is 5. The van der Waals surface area contributed by atoms with Crippen LogP contribution in [0.5, 0.6) is 0 Å². The van der Waals surface area contributed by atoms with E-state index in [1.54, 1.807) is 48.7 Å². The fraction of sp³-hybridized carbons (Fsp3) is 0.212. The minimum Gasteiger partial charge on any atom is -0.420 e. The van der Waals surface area contributed by atoms with Gasteiger partial charge in [-0.15, -0.1) is 11.3 Å². The first-order valence-corrected chi connectivity index (χ1v) is 15.0. The Balaban J connectivity index is 1.41. The van der Waals surface area contributed by atoms with Crippen molar-refractivity contribution in [1.29, 1.82) is 5.26 Å². The van der Waals surface area contributed by atoms with E-state index < -0.39 is 48.5 Å². The van der Waals surface area contributed by atoms with Crippen LogP contribution >= 0.6 is 11.3 Å². The number of aliphatic hydroxyl groups is 1. The van der Waals surface area contributed by atoms with Gasteiger partial charge in [0.25, 0.3) is 0 Å². The second-order valence-electron chi connectivity index (χ2n) is 10.3. The molecule has 0 radical (unpaired) electrons. The third-order valence-electron chi connectivity index (χ3n) is 7.37. The highest BCUT2D eigenvalue weighted by atomic mass is 32.1. The average Bonchev–Trinajstić information content (AvgIpc) is 3.79. The van der Waals surface area contributed by atoms with Gasteiger partial charge in [0.15, 0.2) is 18.2 Å². The highest BCUT2D eigenvalue weighted by Gasteiger charge is 2.47. The standard InChI is InChI=1S/C33H27F2N5O6S/c1-21(31-39-29(16-47-31)24-6-2-22(13-36)3-7-24)33(17-40-19-37-18-38-40,27-11-10-26(34)12-28(27)35)46-32(43)45-20-44-15-30(42)25-8-4-23(14-41)5-9-25/h2-12,16,18-19,21,41H,14-15,17,20H2,1H3. The Hall–Kier alpha value is -5.36. The van der Waals surface area contributed by atoms with Crippen LogP contribution < -0.4 is 0 Å². The van der Waals surface area contributed by atoms with Gasteiger partial charge in [-0.1, -0.05) is 43.3 Å². The molecular formula is C33H27F2N5O6S. The number of carbonyl (C=O) groups excluding carboxylic acids is 2. The molecule has 5 aromatic rings. The van der Waals surface area contributed by atoms with Crippen molar-refractivity contribution in [3.05, 3.63) is 124 Å². The molecule has 0 amide bonds. The van der Waals surface area contributed by atoms with Crippen LogP contribution in [0.4, 0.5) is 13.6 Å². The van der Waals surface area contributed by atoms with Crippen LogP contribution in [-0.4, -0.2) is 50.2 Å². The lowest BCUT2D eigenvalue weighted by Crippen LogP contribution is -2.43. The van der Waals surface area contributed by atoms with Crippen LogP contribution in [0.1, 0.15) is 44.9 Å². The van der Waals surface area contributed by atoms with E-state index >= 15 is 4.39 Å². The van der Waals surface area contributed by atoms with E-state index in [0.29, 0.717) is 33.5 Å². The zero-order valence-electron chi connectivity index (χ0n) is 24.9. The maximum atomic E-state index is 15.6. The summed E-state index contributed by atoms with van der Waals surface area (Å²) >= 11 is 1.23. The molecule has 2 aromatic heterocycles. The number of ether oxygens (including phenoxy) is 3. The Bertz CT molecular complexity index is 1880. The molecule has 11 nitrogen and oxygen atoms in total. The molecule has 2 unspecified atom stereocenters. The fourth-order valence-electron chi connectivity index (χ4n) is 4.83. The Morgan fingerprint density at radius 2 is 1.87 bits per heavy atom. The summed E-state index contributed by atoms with van der Waals surface area (Å²) in [5.41, 5.74) is 0.683. The Morgan fingerprint density at radius 1 is 1.11 bits per heavy atom. The van der Waals surface area contributed by atoms with Crippen molar-refractivity contribution in [3.8, 4) is 17.3 Å². The molecule has 0 spiro atoms. The van der Waals surface area contributed by atoms with E-state index in [4.69, 9.17) is 24.5 Å². The first kappa shape index (κ1) is 33.0. The van der Waals surface area contributed by atoms with Gasteiger partial charge in [0.2, 0.25) is 0 Å². The summed E-state index contributed by atoms with van der Waals surface area (Å²) < 4.78 is 47.4. The van der Waals surface area contributed by atoms with E-state index in [-0.39, 0.29) is 18.7 Å². The van der Waals surface area contributed by atoms with Gasteiger partial charge in [-0.3, -0.25) is 4.79 Å². The van der Waals surface area contributed by atoms with Gasteiger partial charge in [-0.25, -0.2) is 28.2 Å². The zero-order valence-corrected chi connectivity index (χ0v) is 25.7. The van der Waals surface area contributed by atoms with E-state index in [1.165, 1.54) is 46.9 Å². The van der Waals surface area contributed by atoms with Crippen molar-refractivity contribution in [1.82, 2.24) is 19.7 Å². The lowest BCUT2D eigenvalue weighted by atomic mass is 9.81. The molecule has 47 heavy (non-hydrogen) atoms. The summed E-state index contributed by atoms with van der Waals surface area (Å²) in [7, 11) is 0. The van der Waals surface area contributed by atoms with Crippen LogP contribution in [0.15, 0.2) is 84.8 Å². The van der Waals surface area contributed by atoms with E-state index in [0.717, 1.165) is 11.6 Å². The summed E-state index contributed by atoms with van der Waals surface area (Å²) in [4.78, 5) is 34.4. The van der Waals surface area contributed by atoms with Gasteiger partial charge in [-0.2, -0.15) is 10.4 Å². The van der Waals surface area contributed by atoms with Crippen molar-refractivity contribution in [2.75, 3.05) is 13.4 Å². The number of aliphatic hydroxyl groups excluding tert-OH is 1. The normalized spacial score (nSPS) is 12.9. The number of rotatable bonds is 13. The summed E-state index contributed by atoms with van der Waals surface area (Å²) in [6.45, 7) is 0.155. The number of ketones is 1. The molecule has 3 aromatic carbocycles. The summed E-state index contributed by atoms with van der Waals surface area (Å²) in [5, 5.41) is 24.6. The number of hydrogen-bond donors (Lipinski definition) is 1. The first-order chi connectivity index (χ1) is 22.7. The minimum atomic E-state index is -1.90. The average molecular weight is 660 g/mol. The molecule has 0 fully saturated rings. The molecule has 0 bridgehead atoms. The Morgan fingerprint density at radius 3 is 2.53 bits per heavy atom. The van der Waals surface area contributed by atoms with Gasteiger partial charge in [0.05, 0.1) is 36.4 Å². The summed E-state index contributed by atoms with van der Waals surface area (Å²) in [6, 6.07) is 18.0. The maximum Gasteiger partial charge on any atom is 0.511 e. The number of nitriles is 1. The first-order valence-electron chi connectivity index (χ1n) is 14.1. The van der Waals surface area contributed by atoms with Crippen molar-refractivity contribution in [3.63, 3.8) is 0 Å². The third-order valence-corrected chi connectivity index (χ3v) is 8.40. The lowest BCUT2D eigenvalue weighted by Gasteiger charge is -2.37. The molecule has 0 aliphatic heterocycles. The quantitative estimate of drug-likeness (QED) is 0.0716. The molecule has 0 saturated heterocycles. The summed E-state index contributed by atoms with van der Waals surface area (Å²) in [5.74, 6) is -3.07. The monoisotopic (exact) mass is 659 g/mol. The predicted molar refractivity (Wildman–Crippen MR) is 164 cm³/mol. The second kappa shape index (κ2) is 14.8. The number of thiazole rings is 1. The van der Waals surface area contributed by atoms with Gasteiger partial charge < -0.3 is 19.3 Å². The number of carbonyl (C=O) groups is 2. The van der Waals surface area contributed by atoms with Crippen LogP contribution in [0, 0.1) is 23.0 Å². The van der Waals surface area contributed by atoms with Crippen molar-refractivity contribution in [2.45, 2.75) is 31.6 Å². The Labute approximate surface area is 271 Å². The number of hydrogen-bond acceptors (Lipinski definition) is 11. The highest BCUT2D eigenvalue weighted by molar-refractivity contribution is 7.10. The number of aromatic nitrogens is 4. The molecule has 2 atom stereocenters. The molecule has 240 valence electrons. The molecule has 14 heteroatoms. The van der Waals surface area contributed by atoms with Gasteiger partial charge in [0, 0.05) is 28.1 Å². The molecule has 0 saturated carbocycles. The van der Waals surface area contributed by atoms with Crippen LogP contribution in [0.25, 0.3) is 11.3 Å². The molecule has 2 heterocycles. The molecule has 0 aliphatic carbocycles. The third kappa shape index (κ3) is 7.72. The van der Waals surface area contributed by atoms with Gasteiger partial charge >= 0.3 is 6.16 Å². The molecule has 0 aliphatic rings. The Kier molecular flexibility index (Phi) is 10.4. The molecule has 5 rings (SSSR count). The fourth-order valence-corrected chi connectivity index (χ4v) is 5.80. The SMILES string of the molecule is CC(c1nc(-c2ccc(C#N)cc2)cs1)C(Cn1cncn1)(OC(=O)OCOCC(=O)c1ccc(CO)cc1)c1ccc(F)cc1F. The molecule has 1 N–H and O–H groups in total. The van der Waals surface area contributed by atoms with Crippen LogP contribution in [0.3, 0.4) is 0 Å². The van der Waals surface area contributed by atoms with E-state index in [9.17, 15) is 19.1 Å². The van der Waals surface area contributed by atoms with Crippen molar-refractivity contribution in [2.24, 2.45) is 0 Å². The second-order valence-corrected chi connectivity index (χ2v) is 11.2. The zero-order chi connectivity index (χ0) is 33.4. The molecular weight excluding hydrogens is 632 g/mol. The topological polar surface area (TPSA) is 149 Å².